The molecule has 0 unspecified atom stereocenters. The Morgan fingerprint density at radius 3 is 2.62 bits per heavy atom. The van der Waals surface area contributed by atoms with Crippen LogP contribution in [0.1, 0.15) is 51.9 Å². The number of benzene rings is 1. The Hall–Kier alpha value is -2.18. The fourth-order valence-corrected chi connectivity index (χ4v) is 5.28. The summed E-state index contributed by atoms with van der Waals surface area (Å²) in [6.45, 7) is 6.30. The average Bonchev–Trinajstić information content (AvgIpc) is 3.19. The Morgan fingerprint density at radius 1 is 1.14 bits per heavy atom. The molecule has 0 saturated carbocycles. The highest BCUT2D eigenvalue weighted by atomic mass is 32.1. The summed E-state index contributed by atoms with van der Waals surface area (Å²) in [5, 5.41) is 3.24. The van der Waals surface area contributed by atoms with Crippen molar-refractivity contribution < 1.29 is 9.59 Å². The zero-order valence-electron chi connectivity index (χ0n) is 17.0. The van der Waals surface area contributed by atoms with E-state index in [2.05, 4.69) is 34.5 Å². The number of rotatable bonds is 5. The number of fused-ring (bicyclic) bond motifs is 1. The lowest BCUT2D eigenvalue weighted by Gasteiger charge is -2.32. The summed E-state index contributed by atoms with van der Waals surface area (Å²) in [6, 6.07) is 12.8. The zero-order valence-corrected chi connectivity index (χ0v) is 17.8. The molecule has 1 fully saturated rings. The van der Waals surface area contributed by atoms with Crippen molar-refractivity contribution in [1.29, 1.82) is 0 Å². The van der Waals surface area contributed by atoms with Crippen LogP contribution in [0.2, 0.25) is 0 Å². The van der Waals surface area contributed by atoms with Gasteiger partial charge in [-0.1, -0.05) is 37.3 Å². The van der Waals surface area contributed by atoms with Gasteiger partial charge >= 0.3 is 0 Å². The van der Waals surface area contributed by atoms with Crippen molar-refractivity contribution in [1.82, 2.24) is 15.1 Å². The van der Waals surface area contributed by atoms with E-state index >= 15 is 0 Å². The molecular formula is C23H29N3O2S. The quantitative estimate of drug-likeness (QED) is 0.820. The molecule has 0 atom stereocenters. The van der Waals surface area contributed by atoms with Gasteiger partial charge in [0.15, 0.2) is 0 Å². The van der Waals surface area contributed by atoms with Gasteiger partial charge in [-0.05, 0) is 36.5 Å². The second-order valence-corrected chi connectivity index (χ2v) is 9.12. The third kappa shape index (κ3) is 4.87. The molecule has 1 saturated heterocycles. The second-order valence-electron chi connectivity index (χ2n) is 7.99. The Kier molecular flexibility index (Phi) is 6.31. The predicted octanol–water partition coefficient (Wildman–Crippen LogP) is 3.44. The highest BCUT2D eigenvalue weighted by molar-refractivity contribution is 7.14. The fourth-order valence-electron chi connectivity index (χ4n) is 4.22. The maximum atomic E-state index is 12.8. The van der Waals surface area contributed by atoms with Crippen LogP contribution >= 0.6 is 11.3 Å². The van der Waals surface area contributed by atoms with Crippen LogP contribution in [-0.2, 0) is 24.3 Å². The van der Waals surface area contributed by atoms with Crippen LogP contribution in [0.15, 0.2) is 36.4 Å². The number of hydrogen-bond acceptors (Lipinski definition) is 4. The predicted molar refractivity (Wildman–Crippen MR) is 116 cm³/mol. The van der Waals surface area contributed by atoms with E-state index in [1.165, 1.54) is 10.4 Å². The normalized spacial score (nSPS) is 17.8. The lowest BCUT2D eigenvalue weighted by molar-refractivity contribution is -0.131. The second kappa shape index (κ2) is 9.09. The average molecular weight is 412 g/mol. The summed E-state index contributed by atoms with van der Waals surface area (Å²) in [4.78, 5) is 31.2. The van der Waals surface area contributed by atoms with Crippen molar-refractivity contribution in [2.24, 2.45) is 0 Å². The van der Waals surface area contributed by atoms with Crippen LogP contribution < -0.4 is 5.32 Å². The van der Waals surface area contributed by atoms with Crippen molar-refractivity contribution >= 4 is 23.2 Å². The maximum Gasteiger partial charge on any atom is 0.261 e. The number of thiophene rings is 1. The van der Waals surface area contributed by atoms with Crippen LogP contribution in [0, 0.1) is 0 Å². The number of piperidine rings is 1. The first-order valence-electron chi connectivity index (χ1n) is 10.6. The molecule has 0 bridgehead atoms. The van der Waals surface area contributed by atoms with Crippen LogP contribution in [0.25, 0.3) is 0 Å². The van der Waals surface area contributed by atoms with Crippen molar-refractivity contribution in [3.8, 4) is 0 Å². The van der Waals surface area contributed by atoms with Crippen molar-refractivity contribution in [2.45, 2.75) is 51.7 Å². The van der Waals surface area contributed by atoms with Gasteiger partial charge in [-0.2, -0.15) is 0 Å². The summed E-state index contributed by atoms with van der Waals surface area (Å²) < 4.78 is 0. The number of carbonyl (C=O) groups excluding carboxylic acids is 2. The minimum atomic E-state index is 0.0410. The van der Waals surface area contributed by atoms with Crippen molar-refractivity contribution in [3.05, 3.63) is 57.3 Å². The molecule has 1 aromatic carbocycles. The molecule has 6 heteroatoms. The lowest BCUT2D eigenvalue weighted by atomic mass is 10.0. The fraction of sp³-hybridized carbons (Fsp3) is 0.478. The minimum Gasteiger partial charge on any atom is -0.349 e. The number of nitrogens with one attached hydrogen (secondary N) is 1. The van der Waals surface area contributed by atoms with Gasteiger partial charge in [0.05, 0.1) is 4.88 Å². The molecule has 2 aliphatic rings. The first-order chi connectivity index (χ1) is 14.1. The third-order valence-corrected chi connectivity index (χ3v) is 7.15. The molecule has 1 N–H and O–H groups in total. The summed E-state index contributed by atoms with van der Waals surface area (Å²) in [5.41, 5.74) is 2.49. The van der Waals surface area contributed by atoms with E-state index in [-0.39, 0.29) is 17.9 Å². The first kappa shape index (κ1) is 20.1. The van der Waals surface area contributed by atoms with E-state index in [4.69, 9.17) is 0 Å². The number of likely N-dealkylation sites (tertiary alicyclic amines) is 1. The molecule has 3 heterocycles. The highest BCUT2D eigenvalue weighted by Gasteiger charge is 2.25. The van der Waals surface area contributed by atoms with E-state index in [1.807, 2.05) is 24.0 Å². The van der Waals surface area contributed by atoms with Gasteiger partial charge in [0, 0.05) is 50.1 Å². The van der Waals surface area contributed by atoms with Gasteiger partial charge in [-0.3, -0.25) is 14.5 Å². The molecule has 2 amide bonds. The molecule has 2 aromatic rings. The van der Waals surface area contributed by atoms with Gasteiger partial charge < -0.3 is 10.2 Å². The number of amides is 2. The Morgan fingerprint density at radius 2 is 1.90 bits per heavy atom. The molecule has 1 aromatic heterocycles. The largest absolute Gasteiger partial charge is 0.349 e. The standard InChI is InChI=1S/C23H29N3O2S/c1-2-22(27)26-13-10-20-18(16-26)14-21(29-20)23(28)24-19-8-11-25(12-9-19)15-17-6-4-3-5-7-17/h3-7,14,19H,2,8-13,15-16H2,1H3,(H,24,28). The Balaban J connectivity index is 1.28. The Labute approximate surface area is 176 Å². The monoisotopic (exact) mass is 411 g/mol. The van der Waals surface area contributed by atoms with Gasteiger partial charge in [0.2, 0.25) is 5.91 Å². The number of hydrogen-bond donors (Lipinski definition) is 1. The van der Waals surface area contributed by atoms with Crippen LogP contribution in [0.3, 0.4) is 0 Å². The lowest BCUT2D eigenvalue weighted by Crippen LogP contribution is -2.44. The van der Waals surface area contributed by atoms with E-state index < -0.39 is 0 Å². The van der Waals surface area contributed by atoms with Gasteiger partial charge in [-0.15, -0.1) is 11.3 Å². The van der Waals surface area contributed by atoms with Gasteiger partial charge in [-0.25, -0.2) is 0 Å². The van der Waals surface area contributed by atoms with Crippen LogP contribution in [-0.4, -0.2) is 47.3 Å². The van der Waals surface area contributed by atoms with E-state index in [9.17, 15) is 9.59 Å². The maximum absolute atomic E-state index is 12.8. The van der Waals surface area contributed by atoms with E-state index in [0.29, 0.717) is 13.0 Å². The topological polar surface area (TPSA) is 52.7 Å². The summed E-state index contributed by atoms with van der Waals surface area (Å²) in [7, 11) is 0. The molecule has 0 radical (unpaired) electrons. The molecule has 2 aliphatic heterocycles. The zero-order chi connectivity index (χ0) is 20.2. The van der Waals surface area contributed by atoms with E-state index in [0.717, 1.165) is 55.9 Å². The molecule has 5 nitrogen and oxygen atoms in total. The SMILES string of the molecule is CCC(=O)N1CCc2sc(C(=O)NC3CCN(Cc4ccccc4)CC3)cc2C1. The summed E-state index contributed by atoms with van der Waals surface area (Å²) >= 11 is 1.60. The molecule has 0 spiro atoms. The van der Waals surface area contributed by atoms with Gasteiger partial charge in [0.25, 0.3) is 5.91 Å². The summed E-state index contributed by atoms with van der Waals surface area (Å²) in [6.07, 6.45) is 3.37. The molecular weight excluding hydrogens is 382 g/mol. The molecule has 4 rings (SSSR count). The molecule has 154 valence electrons. The number of nitrogens with zero attached hydrogens (tertiary/aromatic N) is 2. The van der Waals surface area contributed by atoms with Crippen molar-refractivity contribution in [2.75, 3.05) is 19.6 Å². The minimum absolute atomic E-state index is 0.0410. The van der Waals surface area contributed by atoms with Crippen molar-refractivity contribution in [3.63, 3.8) is 0 Å². The van der Waals surface area contributed by atoms with E-state index in [1.54, 1.807) is 11.3 Å². The van der Waals surface area contributed by atoms with Gasteiger partial charge in [0.1, 0.15) is 0 Å². The summed E-state index contributed by atoms with van der Waals surface area (Å²) in [5.74, 6) is 0.231. The van der Waals surface area contributed by atoms with Crippen LogP contribution in [0.4, 0.5) is 0 Å². The Bertz CT molecular complexity index is 856. The molecule has 0 aliphatic carbocycles. The third-order valence-electron chi connectivity index (χ3n) is 5.92. The number of carbonyl (C=O) groups is 2. The highest BCUT2D eigenvalue weighted by Crippen LogP contribution is 2.28. The first-order valence-corrected chi connectivity index (χ1v) is 11.4. The molecule has 29 heavy (non-hydrogen) atoms. The van der Waals surface area contributed by atoms with Crippen LogP contribution in [0.5, 0.6) is 0 Å². The smallest absolute Gasteiger partial charge is 0.261 e.